The lowest BCUT2D eigenvalue weighted by molar-refractivity contribution is 0.0561. The van der Waals surface area contributed by atoms with E-state index in [1.165, 1.54) is 6.07 Å². The van der Waals surface area contributed by atoms with Gasteiger partial charge in [0.1, 0.15) is 0 Å². The topological polar surface area (TPSA) is 46.9 Å². The van der Waals surface area contributed by atoms with Crippen molar-refractivity contribution in [3.63, 3.8) is 0 Å². The van der Waals surface area contributed by atoms with Crippen molar-refractivity contribution in [3.05, 3.63) is 47.3 Å². The van der Waals surface area contributed by atoms with Crippen LogP contribution in [0.4, 0.5) is 14.5 Å². The number of aryl methyl sites for hydroxylation is 2. The number of para-hydroxylation sites is 1. The van der Waals surface area contributed by atoms with E-state index in [2.05, 4.69) is 10.4 Å². The Balaban J connectivity index is 2.21. The zero-order valence-electron chi connectivity index (χ0n) is 10.5. The highest BCUT2D eigenvalue weighted by molar-refractivity contribution is 6.03. The monoisotopic (exact) mass is 265 g/mol. The molecule has 0 unspecified atom stereocenters. The molecule has 4 nitrogen and oxygen atoms in total. The summed E-state index contributed by atoms with van der Waals surface area (Å²) in [4.78, 5) is 11.9. The minimum absolute atomic E-state index is 0.0389. The van der Waals surface area contributed by atoms with Gasteiger partial charge in [0.25, 0.3) is 5.91 Å². The van der Waals surface area contributed by atoms with Crippen molar-refractivity contribution in [2.45, 2.75) is 20.4 Å². The van der Waals surface area contributed by atoms with Crippen LogP contribution in [0.2, 0.25) is 0 Å². The first-order valence-corrected chi connectivity index (χ1v) is 5.70. The molecule has 19 heavy (non-hydrogen) atoms. The lowest BCUT2D eigenvalue weighted by Crippen LogP contribution is -2.15. The normalized spacial score (nSPS) is 10.8. The van der Waals surface area contributed by atoms with Crippen LogP contribution in [0.15, 0.2) is 30.5 Å². The number of rotatable bonds is 3. The lowest BCUT2D eigenvalue weighted by Gasteiger charge is -2.10. The third-order valence-corrected chi connectivity index (χ3v) is 2.76. The van der Waals surface area contributed by atoms with Crippen molar-refractivity contribution in [2.24, 2.45) is 0 Å². The highest BCUT2D eigenvalue weighted by Gasteiger charge is 2.14. The Kier molecular flexibility index (Phi) is 3.59. The van der Waals surface area contributed by atoms with E-state index in [9.17, 15) is 13.6 Å². The molecule has 1 N–H and O–H groups in total. The van der Waals surface area contributed by atoms with Gasteiger partial charge in [-0.3, -0.25) is 4.79 Å². The van der Waals surface area contributed by atoms with Crippen LogP contribution in [0.25, 0.3) is 0 Å². The molecule has 2 rings (SSSR count). The van der Waals surface area contributed by atoms with Gasteiger partial charge in [0.05, 0.1) is 0 Å². The molecule has 1 heterocycles. The molecule has 0 atom stereocenters. The number of nitrogens with one attached hydrogen (secondary N) is 1. The number of benzene rings is 1. The number of alkyl halides is 2. The molecule has 0 fully saturated rings. The third-order valence-electron chi connectivity index (χ3n) is 2.76. The zero-order chi connectivity index (χ0) is 14.0. The maximum atomic E-state index is 12.4. The van der Waals surface area contributed by atoms with E-state index in [1.807, 2.05) is 32.0 Å². The first-order valence-electron chi connectivity index (χ1n) is 5.70. The summed E-state index contributed by atoms with van der Waals surface area (Å²) < 4.78 is 25.2. The first-order chi connectivity index (χ1) is 8.99. The van der Waals surface area contributed by atoms with Gasteiger partial charge in [-0.15, -0.1) is 0 Å². The van der Waals surface area contributed by atoms with Crippen LogP contribution in [0.3, 0.4) is 0 Å². The van der Waals surface area contributed by atoms with Gasteiger partial charge in [-0.05, 0) is 31.0 Å². The molecule has 1 aromatic carbocycles. The fourth-order valence-electron chi connectivity index (χ4n) is 1.76. The number of halogens is 2. The molecular formula is C13H13F2N3O. The molecule has 0 bridgehead atoms. The zero-order valence-corrected chi connectivity index (χ0v) is 10.5. The Hall–Kier alpha value is -2.24. The summed E-state index contributed by atoms with van der Waals surface area (Å²) in [5, 5.41) is 6.21. The van der Waals surface area contributed by atoms with E-state index >= 15 is 0 Å². The van der Waals surface area contributed by atoms with Crippen LogP contribution in [0.1, 0.15) is 28.2 Å². The molecule has 0 aliphatic rings. The molecule has 1 aromatic heterocycles. The van der Waals surface area contributed by atoms with Crippen LogP contribution in [0.5, 0.6) is 0 Å². The summed E-state index contributed by atoms with van der Waals surface area (Å²) in [6.45, 7) is 0.975. The van der Waals surface area contributed by atoms with Gasteiger partial charge in [-0.25, -0.2) is 4.68 Å². The highest BCUT2D eigenvalue weighted by Crippen LogP contribution is 2.20. The summed E-state index contributed by atoms with van der Waals surface area (Å²) >= 11 is 0. The number of aromatic nitrogens is 2. The van der Waals surface area contributed by atoms with Crippen LogP contribution < -0.4 is 5.32 Å². The van der Waals surface area contributed by atoms with Crippen molar-refractivity contribution >= 4 is 11.6 Å². The maximum absolute atomic E-state index is 12.4. The molecule has 0 spiro atoms. The SMILES string of the molecule is Cc1cccc(C)c1NC(=O)c1ccn(C(F)F)n1. The van der Waals surface area contributed by atoms with Gasteiger partial charge >= 0.3 is 6.55 Å². The molecular weight excluding hydrogens is 252 g/mol. The van der Waals surface area contributed by atoms with Gasteiger partial charge < -0.3 is 5.32 Å². The van der Waals surface area contributed by atoms with Gasteiger partial charge in [-0.1, -0.05) is 18.2 Å². The van der Waals surface area contributed by atoms with E-state index in [0.29, 0.717) is 10.4 Å². The average molecular weight is 265 g/mol. The molecule has 0 saturated carbocycles. The summed E-state index contributed by atoms with van der Waals surface area (Å²) in [6.07, 6.45) is 1.07. The number of hydrogen-bond donors (Lipinski definition) is 1. The van der Waals surface area contributed by atoms with Crippen molar-refractivity contribution < 1.29 is 13.6 Å². The Morgan fingerprint density at radius 1 is 1.26 bits per heavy atom. The Bertz CT molecular complexity index is 587. The second-order valence-electron chi connectivity index (χ2n) is 4.18. The lowest BCUT2D eigenvalue weighted by atomic mass is 10.1. The minimum atomic E-state index is -2.75. The molecule has 0 radical (unpaired) electrons. The van der Waals surface area contributed by atoms with Crippen molar-refractivity contribution in [1.82, 2.24) is 9.78 Å². The number of anilines is 1. The fourth-order valence-corrected chi connectivity index (χ4v) is 1.76. The summed E-state index contributed by atoms with van der Waals surface area (Å²) in [5.41, 5.74) is 2.45. The van der Waals surface area contributed by atoms with E-state index in [1.54, 1.807) is 0 Å². The number of amides is 1. The minimum Gasteiger partial charge on any atom is -0.320 e. The first kappa shape index (κ1) is 13.2. The van der Waals surface area contributed by atoms with Crippen molar-refractivity contribution in [1.29, 1.82) is 0 Å². The smallest absolute Gasteiger partial charge is 0.320 e. The molecule has 0 aliphatic carbocycles. The summed E-state index contributed by atoms with van der Waals surface area (Å²) in [6, 6.07) is 6.86. The van der Waals surface area contributed by atoms with Crippen LogP contribution in [0, 0.1) is 13.8 Å². The van der Waals surface area contributed by atoms with E-state index in [4.69, 9.17) is 0 Å². The Morgan fingerprint density at radius 2 is 1.89 bits per heavy atom. The van der Waals surface area contributed by atoms with Crippen LogP contribution in [-0.2, 0) is 0 Å². The molecule has 100 valence electrons. The van der Waals surface area contributed by atoms with E-state index in [-0.39, 0.29) is 5.69 Å². The molecule has 0 saturated heterocycles. The number of nitrogens with zero attached hydrogens (tertiary/aromatic N) is 2. The maximum Gasteiger partial charge on any atom is 0.333 e. The van der Waals surface area contributed by atoms with E-state index in [0.717, 1.165) is 17.3 Å². The third kappa shape index (κ3) is 2.78. The van der Waals surface area contributed by atoms with Crippen LogP contribution in [-0.4, -0.2) is 15.7 Å². The average Bonchev–Trinajstić information content (AvgIpc) is 2.83. The van der Waals surface area contributed by atoms with Gasteiger partial charge in [0.15, 0.2) is 5.69 Å². The molecule has 2 aromatic rings. The predicted octanol–water partition coefficient (Wildman–Crippen LogP) is 3.15. The van der Waals surface area contributed by atoms with Gasteiger partial charge in [0, 0.05) is 11.9 Å². The van der Waals surface area contributed by atoms with Crippen LogP contribution >= 0.6 is 0 Å². The number of carbonyl (C=O) groups is 1. The van der Waals surface area contributed by atoms with Crippen molar-refractivity contribution in [2.75, 3.05) is 5.32 Å². The summed E-state index contributed by atoms with van der Waals surface area (Å²) in [7, 11) is 0. The molecule has 6 heteroatoms. The molecule has 1 amide bonds. The summed E-state index contributed by atoms with van der Waals surface area (Å²) in [5.74, 6) is -0.503. The largest absolute Gasteiger partial charge is 0.333 e. The second kappa shape index (κ2) is 5.17. The quantitative estimate of drug-likeness (QED) is 0.926. The fraction of sp³-hybridized carbons (Fsp3) is 0.231. The standard InChI is InChI=1S/C13H13F2N3O/c1-8-4-3-5-9(2)11(8)16-12(19)10-6-7-18(17-10)13(14)15/h3-7,13H,1-2H3,(H,16,19). The number of carbonyl (C=O) groups excluding carboxylic acids is 1. The second-order valence-corrected chi connectivity index (χ2v) is 4.18. The van der Waals surface area contributed by atoms with E-state index < -0.39 is 12.5 Å². The van der Waals surface area contributed by atoms with Crippen molar-refractivity contribution in [3.8, 4) is 0 Å². The Labute approximate surface area is 109 Å². The Morgan fingerprint density at radius 3 is 2.42 bits per heavy atom. The predicted molar refractivity (Wildman–Crippen MR) is 67.3 cm³/mol. The number of hydrogen-bond acceptors (Lipinski definition) is 2. The van der Waals surface area contributed by atoms with Gasteiger partial charge in [0.2, 0.25) is 0 Å². The van der Waals surface area contributed by atoms with Gasteiger partial charge in [-0.2, -0.15) is 13.9 Å². The molecule has 0 aliphatic heterocycles. The highest BCUT2D eigenvalue weighted by atomic mass is 19.3.